The number of benzene rings is 1. The lowest BCUT2D eigenvalue weighted by molar-refractivity contribution is -0.137. The first kappa shape index (κ1) is 21.7. The van der Waals surface area contributed by atoms with Crippen molar-refractivity contribution in [3.63, 3.8) is 0 Å². The van der Waals surface area contributed by atoms with Crippen molar-refractivity contribution in [1.29, 1.82) is 0 Å². The van der Waals surface area contributed by atoms with Crippen molar-refractivity contribution in [2.75, 3.05) is 20.8 Å². The van der Waals surface area contributed by atoms with Gasteiger partial charge < -0.3 is 15.4 Å². The number of ether oxygens (including phenoxy) is 1. The van der Waals surface area contributed by atoms with Gasteiger partial charge >= 0.3 is 6.18 Å². The Morgan fingerprint density at radius 1 is 1.21 bits per heavy atom. The molecule has 0 unspecified atom stereocenters. The fraction of sp³-hybridized carbons (Fsp3) is 0.474. The minimum Gasteiger partial charge on any atom is -0.383 e. The number of methoxy groups -OCH3 is 1. The molecule has 0 aliphatic heterocycles. The highest BCUT2D eigenvalue weighted by Crippen LogP contribution is 2.29. The summed E-state index contributed by atoms with van der Waals surface area (Å²) in [5, 5.41) is 10.7. The number of alkyl halides is 3. The Bertz CT molecular complexity index is 814. The van der Waals surface area contributed by atoms with Crippen LogP contribution in [-0.2, 0) is 30.5 Å². The first-order valence-electron chi connectivity index (χ1n) is 8.88. The van der Waals surface area contributed by atoms with E-state index < -0.39 is 11.7 Å². The molecule has 1 heterocycles. The fourth-order valence-corrected chi connectivity index (χ4v) is 2.82. The summed E-state index contributed by atoms with van der Waals surface area (Å²) >= 11 is 0. The number of aliphatic imine (C=N–C) groups is 1. The number of rotatable bonds is 7. The molecule has 0 aliphatic carbocycles. The highest BCUT2D eigenvalue weighted by Gasteiger charge is 2.30. The lowest BCUT2D eigenvalue weighted by atomic mass is 10.1. The van der Waals surface area contributed by atoms with E-state index in [1.807, 2.05) is 18.5 Å². The topological polar surface area (TPSA) is 63.5 Å². The Kier molecular flexibility index (Phi) is 7.45. The molecule has 2 N–H and O–H groups in total. The zero-order valence-corrected chi connectivity index (χ0v) is 16.5. The van der Waals surface area contributed by atoms with E-state index in [-0.39, 0.29) is 6.54 Å². The molecule has 0 radical (unpaired) electrons. The van der Waals surface area contributed by atoms with Gasteiger partial charge in [0.05, 0.1) is 24.4 Å². The second kappa shape index (κ2) is 9.59. The van der Waals surface area contributed by atoms with E-state index in [0.29, 0.717) is 31.2 Å². The number of hydrogen-bond donors (Lipinski definition) is 2. The monoisotopic (exact) mass is 397 g/mol. The smallest absolute Gasteiger partial charge is 0.383 e. The van der Waals surface area contributed by atoms with Gasteiger partial charge in [0.1, 0.15) is 0 Å². The van der Waals surface area contributed by atoms with Gasteiger partial charge in [-0.05, 0) is 31.5 Å². The Balaban J connectivity index is 1.96. The third-order valence-corrected chi connectivity index (χ3v) is 4.41. The highest BCUT2D eigenvalue weighted by molar-refractivity contribution is 5.79. The normalized spacial score (nSPS) is 12.3. The lowest BCUT2D eigenvalue weighted by Crippen LogP contribution is -2.36. The predicted molar refractivity (Wildman–Crippen MR) is 102 cm³/mol. The number of guanidine groups is 1. The standard InChI is InChI=1S/C19H26F3N5O/c1-13-17(14(2)27(26-13)8-9-28-4)12-25-18(23-3)24-11-15-6-5-7-16(10-15)19(20,21)22/h5-7,10H,8-9,11-12H2,1-4H3,(H2,23,24,25). The number of aryl methyl sites for hydroxylation is 1. The van der Waals surface area contributed by atoms with E-state index in [9.17, 15) is 13.2 Å². The molecule has 1 aromatic carbocycles. The van der Waals surface area contributed by atoms with Crippen molar-refractivity contribution < 1.29 is 17.9 Å². The van der Waals surface area contributed by atoms with E-state index >= 15 is 0 Å². The van der Waals surface area contributed by atoms with Gasteiger partial charge in [0.15, 0.2) is 5.96 Å². The molecule has 154 valence electrons. The second-order valence-corrected chi connectivity index (χ2v) is 6.34. The Morgan fingerprint density at radius 3 is 2.57 bits per heavy atom. The predicted octanol–water partition coefficient (Wildman–Crippen LogP) is 3.03. The van der Waals surface area contributed by atoms with E-state index in [0.717, 1.165) is 29.1 Å². The van der Waals surface area contributed by atoms with Crippen molar-refractivity contribution in [2.45, 2.75) is 39.7 Å². The number of halogens is 3. The van der Waals surface area contributed by atoms with Crippen molar-refractivity contribution >= 4 is 5.96 Å². The molecule has 2 aromatic rings. The van der Waals surface area contributed by atoms with Gasteiger partial charge in [0.25, 0.3) is 0 Å². The Hall–Kier alpha value is -2.55. The summed E-state index contributed by atoms with van der Waals surface area (Å²) in [5.41, 5.74) is 2.87. The van der Waals surface area contributed by atoms with Crippen LogP contribution in [0.5, 0.6) is 0 Å². The van der Waals surface area contributed by atoms with Gasteiger partial charge in [-0.2, -0.15) is 18.3 Å². The molecule has 0 fully saturated rings. The van der Waals surface area contributed by atoms with Crippen LogP contribution in [0, 0.1) is 13.8 Å². The zero-order valence-electron chi connectivity index (χ0n) is 16.5. The van der Waals surface area contributed by atoms with Crippen molar-refractivity contribution in [3.8, 4) is 0 Å². The molecular formula is C19H26F3N5O. The SMILES string of the molecule is CN=C(NCc1cccc(C(F)(F)F)c1)NCc1c(C)nn(CCOC)c1C. The van der Waals surface area contributed by atoms with E-state index in [1.165, 1.54) is 6.07 Å². The van der Waals surface area contributed by atoms with Crippen molar-refractivity contribution in [3.05, 3.63) is 52.3 Å². The highest BCUT2D eigenvalue weighted by atomic mass is 19.4. The molecule has 2 rings (SSSR count). The van der Waals surface area contributed by atoms with E-state index in [1.54, 1.807) is 20.2 Å². The van der Waals surface area contributed by atoms with Crippen LogP contribution < -0.4 is 10.6 Å². The molecule has 0 saturated carbocycles. The molecule has 1 aromatic heterocycles. The summed E-state index contributed by atoms with van der Waals surface area (Å²) in [6.07, 6.45) is -4.35. The van der Waals surface area contributed by atoms with Crippen LogP contribution in [0.1, 0.15) is 28.1 Å². The van der Waals surface area contributed by atoms with Gasteiger partial charge in [0, 0.05) is 38.5 Å². The molecule has 0 saturated heterocycles. The van der Waals surface area contributed by atoms with E-state index in [2.05, 4.69) is 20.7 Å². The van der Waals surface area contributed by atoms with Gasteiger partial charge in [-0.1, -0.05) is 12.1 Å². The van der Waals surface area contributed by atoms with Crippen LogP contribution in [0.3, 0.4) is 0 Å². The number of hydrogen-bond acceptors (Lipinski definition) is 3. The first-order chi connectivity index (χ1) is 13.3. The van der Waals surface area contributed by atoms with Gasteiger partial charge in [-0.3, -0.25) is 9.67 Å². The van der Waals surface area contributed by atoms with Crippen molar-refractivity contribution in [1.82, 2.24) is 20.4 Å². The third-order valence-electron chi connectivity index (χ3n) is 4.41. The van der Waals surface area contributed by atoms with Crippen LogP contribution >= 0.6 is 0 Å². The molecule has 0 spiro atoms. The summed E-state index contributed by atoms with van der Waals surface area (Å²) in [4.78, 5) is 4.13. The zero-order chi connectivity index (χ0) is 20.7. The number of aromatic nitrogens is 2. The maximum absolute atomic E-state index is 12.8. The second-order valence-electron chi connectivity index (χ2n) is 6.34. The van der Waals surface area contributed by atoms with E-state index in [4.69, 9.17) is 4.74 Å². The maximum atomic E-state index is 12.8. The summed E-state index contributed by atoms with van der Waals surface area (Å²) < 4.78 is 45.5. The average Bonchev–Trinajstić information content (AvgIpc) is 2.93. The van der Waals surface area contributed by atoms with Gasteiger partial charge in [0.2, 0.25) is 0 Å². The molecular weight excluding hydrogens is 371 g/mol. The third kappa shape index (κ3) is 5.72. The quantitative estimate of drug-likeness (QED) is 0.557. The minimum atomic E-state index is -4.35. The molecule has 0 amide bonds. The number of nitrogens with zero attached hydrogens (tertiary/aromatic N) is 3. The maximum Gasteiger partial charge on any atom is 0.416 e. The fourth-order valence-electron chi connectivity index (χ4n) is 2.82. The molecule has 28 heavy (non-hydrogen) atoms. The number of nitrogens with one attached hydrogen (secondary N) is 2. The van der Waals surface area contributed by atoms with Crippen LogP contribution in [-0.4, -0.2) is 36.5 Å². The minimum absolute atomic E-state index is 0.231. The molecule has 9 heteroatoms. The molecule has 0 aliphatic rings. The summed E-state index contributed by atoms with van der Waals surface area (Å²) in [7, 11) is 3.26. The largest absolute Gasteiger partial charge is 0.416 e. The summed E-state index contributed by atoms with van der Waals surface area (Å²) in [6.45, 7) is 5.92. The van der Waals surface area contributed by atoms with Crippen LogP contribution in [0.2, 0.25) is 0 Å². The average molecular weight is 397 g/mol. The molecule has 6 nitrogen and oxygen atoms in total. The molecule has 0 atom stereocenters. The Morgan fingerprint density at radius 2 is 1.93 bits per heavy atom. The van der Waals surface area contributed by atoms with Gasteiger partial charge in [-0.25, -0.2) is 0 Å². The Labute approximate surface area is 162 Å². The lowest BCUT2D eigenvalue weighted by Gasteiger charge is -2.13. The van der Waals surface area contributed by atoms with Crippen LogP contribution in [0.25, 0.3) is 0 Å². The van der Waals surface area contributed by atoms with Gasteiger partial charge in [-0.15, -0.1) is 0 Å². The van der Waals surface area contributed by atoms with Crippen LogP contribution in [0.15, 0.2) is 29.3 Å². The van der Waals surface area contributed by atoms with Crippen molar-refractivity contribution in [2.24, 2.45) is 4.99 Å². The molecule has 0 bridgehead atoms. The first-order valence-corrected chi connectivity index (χ1v) is 8.88. The summed E-state index contributed by atoms with van der Waals surface area (Å²) in [5.74, 6) is 0.501. The van der Waals surface area contributed by atoms with Crippen LogP contribution in [0.4, 0.5) is 13.2 Å². The summed E-state index contributed by atoms with van der Waals surface area (Å²) in [6, 6.07) is 5.23.